The largest absolute Gasteiger partial charge is 0.298 e. The van der Waals surface area contributed by atoms with E-state index in [1.807, 2.05) is 37.3 Å². The van der Waals surface area contributed by atoms with E-state index < -0.39 is 0 Å². The molecule has 0 amide bonds. The van der Waals surface area contributed by atoms with Gasteiger partial charge < -0.3 is 0 Å². The first-order valence-corrected chi connectivity index (χ1v) is 4.77. The highest BCUT2D eigenvalue weighted by Gasteiger charge is 2.02. The molecule has 2 aromatic rings. The zero-order valence-electron chi connectivity index (χ0n) is 8.47. The van der Waals surface area contributed by atoms with Crippen molar-refractivity contribution in [3.63, 3.8) is 0 Å². The summed E-state index contributed by atoms with van der Waals surface area (Å²) in [7, 11) is 0. The highest BCUT2D eigenvalue weighted by molar-refractivity contribution is 5.86. The first-order valence-electron chi connectivity index (χ1n) is 4.77. The number of aryl methyl sites for hydroxylation is 1. The van der Waals surface area contributed by atoms with Crippen LogP contribution < -0.4 is 0 Å². The number of carbonyl (C=O) groups is 1. The third-order valence-corrected chi connectivity index (χ3v) is 2.34. The fourth-order valence-electron chi connectivity index (χ4n) is 1.50. The van der Waals surface area contributed by atoms with Crippen molar-refractivity contribution >= 4 is 6.29 Å². The number of pyridine rings is 1. The molecule has 1 aromatic carbocycles. The Morgan fingerprint density at radius 2 is 1.87 bits per heavy atom. The fourth-order valence-corrected chi connectivity index (χ4v) is 1.50. The molecule has 2 rings (SSSR count). The van der Waals surface area contributed by atoms with E-state index >= 15 is 0 Å². The maximum Gasteiger partial charge on any atom is 0.152 e. The smallest absolute Gasteiger partial charge is 0.152 e. The van der Waals surface area contributed by atoms with Gasteiger partial charge in [0, 0.05) is 18.0 Å². The van der Waals surface area contributed by atoms with Crippen LogP contribution in [-0.2, 0) is 0 Å². The summed E-state index contributed by atoms with van der Waals surface area (Å²) >= 11 is 0. The fraction of sp³-hybridized carbons (Fsp3) is 0.0769. The van der Waals surface area contributed by atoms with Crippen molar-refractivity contribution in [2.24, 2.45) is 0 Å². The van der Waals surface area contributed by atoms with E-state index in [2.05, 4.69) is 4.98 Å². The number of aromatic nitrogens is 1. The molecule has 1 heterocycles. The van der Waals surface area contributed by atoms with E-state index in [-0.39, 0.29) is 0 Å². The topological polar surface area (TPSA) is 30.0 Å². The molecule has 0 N–H and O–H groups in total. The van der Waals surface area contributed by atoms with Crippen LogP contribution in [0.25, 0.3) is 11.1 Å². The second kappa shape index (κ2) is 4.05. The zero-order chi connectivity index (χ0) is 10.7. The van der Waals surface area contributed by atoms with Gasteiger partial charge in [0.2, 0.25) is 0 Å². The Kier molecular flexibility index (Phi) is 2.59. The normalized spacial score (nSPS) is 9.93. The van der Waals surface area contributed by atoms with E-state index in [1.54, 1.807) is 12.4 Å². The number of aldehydes is 1. The Balaban J connectivity index is 2.53. The number of benzene rings is 1. The lowest BCUT2D eigenvalue weighted by molar-refractivity contribution is 0.112. The Hall–Kier alpha value is -1.96. The summed E-state index contributed by atoms with van der Waals surface area (Å²) in [6.45, 7) is 2.04. The van der Waals surface area contributed by atoms with Crippen LogP contribution in [0.15, 0.2) is 42.7 Å². The summed E-state index contributed by atoms with van der Waals surface area (Å²) in [5.41, 5.74) is 3.81. The molecule has 15 heavy (non-hydrogen) atoms. The molecule has 0 saturated heterocycles. The highest BCUT2D eigenvalue weighted by atomic mass is 16.1. The molecule has 0 atom stereocenters. The van der Waals surface area contributed by atoms with Crippen LogP contribution in [0.2, 0.25) is 0 Å². The molecule has 0 saturated carbocycles. The van der Waals surface area contributed by atoms with Crippen LogP contribution in [0.4, 0.5) is 0 Å². The molecule has 0 aliphatic heterocycles. The van der Waals surface area contributed by atoms with Crippen LogP contribution in [0.1, 0.15) is 15.9 Å². The summed E-state index contributed by atoms with van der Waals surface area (Å²) < 4.78 is 0. The SMILES string of the molecule is Cc1ccc(-c2ccncc2C=O)cc1. The third kappa shape index (κ3) is 1.94. The molecule has 1 aromatic heterocycles. The number of hydrogen-bond donors (Lipinski definition) is 0. The van der Waals surface area contributed by atoms with Gasteiger partial charge >= 0.3 is 0 Å². The number of rotatable bonds is 2. The van der Waals surface area contributed by atoms with Gasteiger partial charge in [0.1, 0.15) is 0 Å². The van der Waals surface area contributed by atoms with Crippen molar-refractivity contribution in [1.29, 1.82) is 0 Å². The van der Waals surface area contributed by atoms with Gasteiger partial charge in [0.15, 0.2) is 6.29 Å². The van der Waals surface area contributed by atoms with Gasteiger partial charge in [-0.25, -0.2) is 0 Å². The van der Waals surface area contributed by atoms with Gasteiger partial charge in [0.05, 0.1) is 0 Å². The monoisotopic (exact) mass is 197 g/mol. The standard InChI is InChI=1S/C13H11NO/c1-10-2-4-11(5-3-10)13-6-7-14-8-12(13)9-15/h2-9H,1H3. The van der Waals surface area contributed by atoms with Crippen molar-refractivity contribution in [2.45, 2.75) is 6.92 Å². The lowest BCUT2D eigenvalue weighted by atomic mass is 10.0. The summed E-state index contributed by atoms with van der Waals surface area (Å²) in [6.07, 6.45) is 4.12. The summed E-state index contributed by atoms with van der Waals surface area (Å²) in [4.78, 5) is 14.8. The van der Waals surface area contributed by atoms with E-state index in [4.69, 9.17) is 0 Å². The van der Waals surface area contributed by atoms with Gasteiger partial charge in [-0.2, -0.15) is 0 Å². The number of hydrogen-bond acceptors (Lipinski definition) is 2. The molecule has 0 radical (unpaired) electrons. The van der Waals surface area contributed by atoms with Crippen LogP contribution in [0.5, 0.6) is 0 Å². The Morgan fingerprint density at radius 1 is 1.13 bits per heavy atom. The minimum Gasteiger partial charge on any atom is -0.298 e. The van der Waals surface area contributed by atoms with Crippen molar-refractivity contribution in [3.8, 4) is 11.1 Å². The van der Waals surface area contributed by atoms with Crippen molar-refractivity contribution in [1.82, 2.24) is 4.98 Å². The summed E-state index contributed by atoms with van der Waals surface area (Å²) in [6, 6.07) is 9.94. The lowest BCUT2D eigenvalue weighted by Crippen LogP contribution is -1.88. The average molecular weight is 197 g/mol. The van der Waals surface area contributed by atoms with E-state index in [9.17, 15) is 4.79 Å². The Bertz CT molecular complexity index is 474. The molecular formula is C13H11NO. The molecule has 0 bridgehead atoms. The lowest BCUT2D eigenvalue weighted by Gasteiger charge is -2.04. The minimum absolute atomic E-state index is 0.626. The molecule has 0 aliphatic rings. The quantitative estimate of drug-likeness (QED) is 0.693. The highest BCUT2D eigenvalue weighted by Crippen LogP contribution is 2.21. The van der Waals surface area contributed by atoms with Crippen LogP contribution in [-0.4, -0.2) is 11.3 Å². The van der Waals surface area contributed by atoms with Crippen molar-refractivity contribution < 1.29 is 4.79 Å². The van der Waals surface area contributed by atoms with Crippen molar-refractivity contribution in [3.05, 3.63) is 53.9 Å². The van der Waals surface area contributed by atoms with Crippen LogP contribution in [0, 0.1) is 6.92 Å². The van der Waals surface area contributed by atoms with Gasteiger partial charge in [-0.1, -0.05) is 29.8 Å². The Morgan fingerprint density at radius 3 is 2.53 bits per heavy atom. The zero-order valence-corrected chi connectivity index (χ0v) is 8.47. The molecule has 74 valence electrons. The van der Waals surface area contributed by atoms with E-state index in [0.29, 0.717) is 5.56 Å². The molecule has 0 unspecified atom stereocenters. The molecule has 0 aliphatic carbocycles. The number of carbonyl (C=O) groups excluding carboxylic acids is 1. The van der Waals surface area contributed by atoms with Gasteiger partial charge in [-0.3, -0.25) is 9.78 Å². The molecule has 0 spiro atoms. The van der Waals surface area contributed by atoms with Gasteiger partial charge in [-0.05, 0) is 24.1 Å². The first-order chi connectivity index (χ1) is 7.31. The molecule has 2 heteroatoms. The maximum atomic E-state index is 10.8. The second-order valence-electron chi connectivity index (χ2n) is 3.45. The number of nitrogens with zero attached hydrogens (tertiary/aromatic N) is 1. The second-order valence-corrected chi connectivity index (χ2v) is 3.45. The summed E-state index contributed by atoms with van der Waals surface area (Å²) in [5.74, 6) is 0. The van der Waals surface area contributed by atoms with Crippen LogP contribution >= 0.6 is 0 Å². The summed E-state index contributed by atoms with van der Waals surface area (Å²) in [5, 5.41) is 0. The van der Waals surface area contributed by atoms with Crippen molar-refractivity contribution in [2.75, 3.05) is 0 Å². The van der Waals surface area contributed by atoms with E-state index in [1.165, 1.54) is 5.56 Å². The molecule has 0 fully saturated rings. The third-order valence-electron chi connectivity index (χ3n) is 2.34. The minimum atomic E-state index is 0.626. The first kappa shape index (κ1) is 9.59. The predicted octanol–water partition coefficient (Wildman–Crippen LogP) is 2.87. The van der Waals surface area contributed by atoms with E-state index in [0.717, 1.165) is 17.4 Å². The average Bonchev–Trinajstić information content (AvgIpc) is 2.30. The van der Waals surface area contributed by atoms with Gasteiger partial charge in [0.25, 0.3) is 0 Å². The predicted molar refractivity (Wildman–Crippen MR) is 59.8 cm³/mol. The Labute approximate surface area is 88.6 Å². The molecule has 2 nitrogen and oxygen atoms in total. The molecular weight excluding hydrogens is 186 g/mol. The van der Waals surface area contributed by atoms with Gasteiger partial charge in [-0.15, -0.1) is 0 Å². The van der Waals surface area contributed by atoms with Crippen LogP contribution in [0.3, 0.4) is 0 Å². The maximum absolute atomic E-state index is 10.8.